The first kappa shape index (κ1) is 15.8. The molecule has 0 unspecified atom stereocenters. The van der Waals surface area contributed by atoms with Crippen LogP contribution < -0.4 is 0 Å². The minimum atomic E-state index is -1.26. The smallest absolute Gasteiger partial charge is 0.326 e. The molecule has 0 fully saturated rings. The normalized spacial score (nSPS) is 10.7. The predicted molar refractivity (Wildman–Crippen MR) is 79.4 cm³/mol. The highest BCUT2D eigenvalue weighted by atomic mass is 16.6. The maximum atomic E-state index is 12.1. The van der Waals surface area contributed by atoms with Crippen LogP contribution in [0.25, 0.3) is 10.9 Å². The SMILES string of the molecule is CCOC(=O)C(C(=O)OCC)c1ccc2cccc(O)c2n1. The number of hydrogen-bond donors (Lipinski definition) is 1. The Labute approximate surface area is 127 Å². The number of aromatic nitrogens is 1. The Bertz CT molecular complexity index is 680. The zero-order valence-corrected chi connectivity index (χ0v) is 12.4. The molecule has 0 atom stereocenters. The van der Waals surface area contributed by atoms with Crippen molar-refractivity contribution in [2.24, 2.45) is 0 Å². The predicted octanol–water partition coefficient (Wildman–Crippen LogP) is 2.15. The molecule has 6 nitrogen and oxygen atoms in total. The Kier molecular flexibility index (Phi) is 4.93. The number of aromatic hydroxyl groups is 1. The Morgan fingerprint density at radius 2 is 1.73 bits per heavy atom. The van der Waals surface area contributed by atoms with Crippen molar-refractivity contribution in [3.63, 3.8) is 0 Å². The number of phenolic OH excluding ortho intramolecular Hbond substituents is 1. The Balaban J connectivity index is 2.48. The fraction of sp³-hybridized carbons (Fsp3) is 0.312. The summed E-state index contributed by atoms with van der Waals surface area (Å²) in [7, 11) is 0. The number of ether oxygens (including phenoxy) is 2. The monoisotopic (exact) mass is 303 g/mol. The third-order valence-corrected chi connectivity index (χ3v) is 3.06. The molecule has 116 valence electrons. The Hall–Kier alpha value is -2.63. The molecule has 0 saturated heterocycles. The van der Waals surface area contributed by atoms with Crippen molar-refractivity contribution in [3.05, 3.63) is 36.0 Å². The number of hydrogen-bond acceptors (Lipinski definition) is 6. The third kappa shape index (κ3) is 3.16. The Morgan fingerprint density at radius 3 is 2.32 bits per heavy atom. The number of rotatable bonds is 5. The lowest BCUT2D eigenvalue weighted by molar-refractivity contribution is -0.157. The molecule has 0 aliphatic carbocycles. The van der Waals surface area contributed by atoms with Crippen LogP contribution in [0.3, 0.4) is 0 Å². The van der Waals surface area contributed by atoms with Gasteiger partial charge < -0.3 is 14.6 Å². The molecule has 0 bridgehead atoms. The van der Waals surface area contributed by atoms with E-state index in [1.165, 1.54) is 6.07 Å². The minimum Gasteiger partial charge on any atom is -0.506 e. The van der Waals surface area contributed by atoms with Crippen LogP contribution in [-0.4, -0.2) is 35.2 Å². The topological polar surface area (TPSA) is 85.7 Å². The summed E-state index contributed by atoms with van der Waals surface area (Å²) < 4.78 is 9.85. The molecule has 0 spiro atoms. The number of carbonyl (C=O) groups excluding carboxylic acids is 2. The van der Waals surface area contributed by atoms with E-state index in [1.54, 1.807) is 38.1 Å². The van der Waals surface area contributed by atoms with Gasteiger partial charge in [-0.1, -0.05) is 18.2 Å². The second kappa shape index (κ2) is 6.89. The van der Waals surface area contributed by atoms with Gasteiger partial charge in [0.2, 0.25) is 0 Å². The lowest BCUT2D eigenvalue weighted by Gasteiger charge is -2.14. The summed E-state index contributed by atoms with van der Waals surface area (Å²) in [6.45, 7) is 3.60. The average Bonchev–Trinajstić information content (AvgIpc) is 2.49. The van der Waals surface area contributed by atoms with Gasteiger partial charge in [0, 0.05) is 5.39 Å². The first-order valence-electron chi connectivity index (χ1n) is 7.00. The van der Waals surface area contributed by atoms with Crippen LogP contribution in [0.1, 0.15) is 25.5 Å². The summed E-state index contributed by atoms with van der Waals surface area (Å²) in [6.07, 6.45) is 0. The van der Waals surface area contributed by atoms with Crippen LogP contribution in [0.5, 0.6) is 5.75 Å². The van der Waals surface area contributed by atoms with E-state index in [-0.39, 0.29) is 24.7 Å². The highest BCUT2D eigenvalue weighted by Crippen LogP contribution is 2.26. The molecule has 6 heteroatoms. The van der Waals surface area contributed by atoms with Gasteiger partial charge in [-0.2, -0.15) is 0 Å². The van der Waals surface area contributed by atoms with Crippen molar-refractivity contribution in [1.82, 2.24) is 4.98 Å². The second-order valence-corrected chi connectivity index (χ2v) is 4.52. The number of benzene rings is 1. The zero-order valence-electron chi connectivity index (χ0n) is 12.4. The first-order valence-corrected chi connectivity index (χ1v) is 7.00. The van der Waals surface area contributed by atoms with Crippen molar-refractivity contribution in [3.8, 4) is 5.75 Å². The molecule has 1 N–H and O–H groups in total. The number of nitrogens with zero attached hydrogens (tertiary/aromatic N) is 1. The maximum absolute atomic E-state index is 12.1. The number of carbonyl (C=O) groups is 2. The van der Waals surface area contributed by atoms with E-state index in [2.05, 4.69) is 4.98 Å². The molecule has 2 aromatic rings. The molecule has 22 heavy (non-hydrogen) atoms. The summed E-state index contributed by atoms with van der Waals surface area (Å²) in [4.78, 5) is 28.3. The van der Waals surface area contributed by atoms with Crippen molar-refractivity contribution >= 4 is 22.8 Å². The standard InChI is InChI=1S/C16H17NO5/c1-3-21-15(19)13(16(20)22-4-2)11-9-8-10-6-5-7-12(18)14(10)17-11/h5-9,13,18H,3-4H2,1-2H3. The lowest BCUT2D eigenvalue weighted by atomic mass is 10.0. The van der Waals surface area contributed by atoms with Gasteiger partial charge >= 0.3 is 11.9 Å². The van der Waals surface area contributed by atoms with Gasteiger partial charge in [0.05, 0.1) is 18.9 Å². The molecule has 1 heterocycles. The van der Waals surface area contributed by atoms with E-state index in [0.29, 0.717) is 10.9 Å². The molecule has 1 aromatic heterocycles. The van der Waals surface area contributed by atoms with Gasteiger partial charge in [-0.05, 0) is 26.0 Å². The number of para-hydroxylation sites is 1. The van der Waals surface area contributed by atoms with Crippen LogP contribution >= 0.6 is 0 Å². The summed E-state index contributed by atoms with van der Waals surface area (Å²) in [5.74, 6) is -2.72. The van der Waals surface area contributed by atoms with Crippen LogP contribution in [0, 0.1) is 0 Å². The highest BCUT2D eigenvalue weighted by molar-refractivity contribution is 6.01. The van der Waals surface area contributed by atoms with E-state index in [4.69, 9.17) is 9.47 Å². The van der Waals surface area contributed by atoms with Gasteiger partial charge in [-0.15, -0.1) is 0 Å². The number of esters is 2. The van der Waals surface area contributed by atoms with E-state index in [1.807, 2.05) is 0 Å². The number of pyridine rings is 1. The largest absolute Gasteiger partial charge is 0.506 e. The molecule has 0 aliphatic rings. The van der Waals surface area contributed by atoms with Crippen LogP contribution in [0.4, 0.5) is 0 Å². The van der Waals surface area contributed by atoms with Crippen LogP contribution in [0.2, 0.25) is 0 Å². The van der Waals surface area contributed by atoms with E-state index >= 15 is 0 Å². The fourth-order valence-corrected chi connectivity index (χ4v) is 2.10. The Morgan fingerprint density at radius 1 is 1.09 bits per heavy atom. The molecular weight excluding hydrogens is 286 g/mol. The second-order valence-electron chi connectivity index (χ2n) is 4.52. The summed E-state index contributed by atoms with van der Waals surface area (Å²) >= 11 is 0. The van der Waals surface area contributed by atoms with E-state index < -0.39 is 17.9 Å². The van der Waals surface area contributed by atoms with Crippen LogP contribution in [0.15, 0.2) is 30.3 Å². The average molecular weight is 303 g/mol. The lowest BCUT2D eigenvalue weighted by Crippen LogP contribution is -2.27. The number of phenols is 1. The fourth-order valence-electron chi connectivity index (χ4n) is 2.10. The first-order chi connectivity index (χ1) is 10.6. The molecule has 0 radical (unpaired) electrons. The molecule has 0 saturated carbocycles. The molecule has 0 aliphatic heterocycles. The minimum absolute atomic E-state index is 0.0224. The van der Waals surface area contributed by atoms with Crippen molar-refractivity contribution < 1.29 is 24.2 Å². The van der Waals surface area contributed by atoms with Crippen molar-refractivity contribution in [2.75, 3.05) is 13.2 Å². The summed E-state index contributed by atoms with van der Waals surface area (Å²) in [5.41, 5.74) is 0.504. The highest BCUT2D eigenvalue weighted by Gasteiger charge is 2.33. The van der Waals surface area contributed by atoms with E-state index in [0.717, 1.165) is 0 Å². The van der Waals surface area contributed by atoms with Crippen molar-refractivity contribution in [1.29, 1.82) is 0 Å². The summed E-state index contributed by atoms with van der Waals surface area (Å²) in [6, 6.07) is 8.19. The van der Waals surface area contributed by atoms with Gasteiger partial charge in [-0.3, -0.25) is 9.59 Å². The van der Waals surface area contributed by atoms with Gasteiger partial charge in [0.25, 0.3) is 0 Å². The van der Waals surface area contributed by atoms with Gasteiger partial charge in [-0.25, -0.2) is 4.98 Å². The summed E-state index contributed by atoms with van der Waals surface area (Å²) in [5, 5.41) is 10.6. The van der Waals surface area contributed by atoms with Crippen molar-refractivity contribution in [2.45, 2.75) is 19.8 Å². The maximum Gasteiger partial charge on any atom is 0.326 e. The molecule has 1 aromatic carbocycles. The van der Waals surface area contributed by atoms with Gasteiger partial charge in [0.1, 0.15) is 11.3 Å². The number of fused-ring (bicyclic) bond motifs is 1. The van der Waals surface area contributed by atoms with Gasteiger partial charge in [0.15, 0.2) is 5.92 Å². The van der Waals surface area contributed by atoms with E-state index in [9.17, 15) is 14.7 Å². The zero-order chi connectivity index (χ0) is 16.1. The third-order valence-electron chi connectivity index (χ3n) is 3.06. The van der Waals surface area contributed by atoms with Crippen LogP contribution in [-0.2, 0) is 19.1 Å². The molecule has 2 rings (SSSR count). The molecular formula is C16H17NO5. The quantitative estimate of drug-likeness (QED) is 0.673. The molecule has 0 amide bonds.